The molecular weight excluding hydrogens is 200 g/mol. The minimum absolute atomic E-state index is 0.0961. The summed E-state index contributed by atoms with van der Waals surface area (Å²) in [6.45, 7) is 9.90. The van der Waals surface area contributed by atoms with Crippen LogP contribution in [0.1, 0.15) is 40.0 Å². The van der Waals surface area contributed by atoms with Crippen LogP contribution >= 0.6 is 0 Å². The Morgan fingerprint density at radius 3 is 2.75 bits per heavy atom. The zero-order chi connectivity index (χ0) is 11.8. The number of rotatable bonds is 2. The van der Waals surface area contributed by atoms with E-state index in [4.69, 9.17) is 10.5 Å². The predicted molar refractivity (Wildman–Crippen MR) is 66.4 cm³/mol. The predicted octanol–water partition coefficient (Wildman–Crippen LogP) is 1.61. The van der Waals surface area contributed by atoms with E-state index in [0.29, 0.717) is 18.0 Å². The van der Waals surface area contributed by atoms with E-state index in [2.05, 4.69) is 25.7 Å². The summed E-state index contributed by atoms with van der Waals surface area (Å²) in [4.78, 5) is 2.59. The van der Waals surface area contributed by atoms with E-state index < -0.39 is 0 Å². The van der Waals surface area contributed by atoms with Gasteiger partial charge in [0, 0.05) is 31.8 Å². The zero-order valence-corrected chi connectivity index (χ0v) is 10.9. The first-order valence-corrected chi connectivity index (χ1v) is 6.67. The second-order valence-corrected chi connectivity index (χ2v) is 5.89. The Kier molecular flexibility index (Phi) is 3.57. The third-order valence-corrected chi connectivity index (χ3v) is 4.53. The van der Waals surface area contributed by atoms with Crippen molar-refractivity contribution in [2.45, 2.75) is 57.7 Å². The van der Waals surface area contributed by atoms with Crippen molar-refractivity contribution in [1.29, 1.82) is 0 Å². The number of nitrogens with two attached hydrogens (primary N) is 1. The number of hydrogen-bond acceptors (Lipinski definition) is 3. The highest BCUT2D eigenvalue weighted by atomic mass is 16.5. The number of likely N-dealkylation sites (tertiary alicyclic amines) is 1. The molecule has 4 unspecified atom stereocenters. The molecule has 3 heteroatoms. The van der Waals surface area contributed by atoms with Gasteiger partial charge in [-0.2, -0.15) is 0 Å². The Bertz CT molecular complexity index is 236. The molecule has 0 aromatic heterocycles. The minimum atomic E-state index is 0.0961. The minimum Gasteiger partial charge on any atom is -0.375 e. The van der Waals surface area contributed by atoms with Gasteiger partial charge in [-0.05, 0) is 32.1 Å². The Morgan fingerprint density at radius 2 is 2.19 bits per heavy atom. The fourth-order valence-electron chi connectivity index (χ4n) is 2.99. The SMILES string of the molecule is CCC1(C)CC(N2CC(C)C(N)C2)CCO1. The lowest BCUT2D eigenvalue weighted by atomic mass is 9.89. The first-order valence-electron chi connectivity index (χ1n) is 6.67. The van der Waals surface area contributed by atoms with E-state index in [0.717, 1.165) is 19.6 Å². The third kappa shape index (κ3) is 2.41. The molecule has 0 aromatic rings. The van der Waals surface area contributed by atoms with Crippen LogP contribution in [0.25, 0.3) is 0 Å². The van der Waals surface area contributed by atoms with Crippen molar-refractivity contribution < 1.29 is 4.74 Å². The van der Waals surface area contributed by atoms with Crippen molar-refractivity contribution in [1.82, 2.24) is 4.90 Å². The molecule has 2 aliphatic rings. The van der Waals surface area contributed by atoms with Gasteiger partial charge in [0.1, 0.15) is 0 Å². The van der Waals surface area contributed by atoms with Gasteiger partial charge in [-0.3, -0.25) is 4.90 Å². The lowest BCUT2D eigenvalue weighted by Crippen LogP contribution is -2.46. The van der Waals surface area contributed by atoms with E-state index in [9.17, 15) is 0 Å². The largest absolute Gasteiger partial charge is 0.375 e. The van der Waals surface area contributed by atoms with Crippen LogP contribution < -0.4 is 5.73 Å². The molecule has 2 saturated heterocycles. The lowest BCUT2D eigenvalue weighted by Gasteiger charge is -2.41. The Labute approximate surface area is 99.3 Å². The normalized spacial score (nSPS) is 46.1. The second kappa shape index (κ2) is 4.63. The average molecular weight is 226 g/mol. The van der Waals surface area contributed by atoms with Crippen LogP contribution in [0.2, 0.25) is 0 Å². The maximum Gasteiger partial charge on any atom is 0.0666 e. The summed E-state index contributed by atoms with van der Waals surface area (Å²) in [6, 6.07) is 1.06. The summed E-state index contributed by atoms with van der Waals surface area (Å²) in [6.07, 6.45) is 3.46. The van der Waals surface area contributed by atoms with Crippen molar-refractivity contribution in [2.75, 3.05) is 19.7 Å². The molecule has 2 heterocycles. The fraction of sp³-hybridized carbons (Fsp3) is 1.00. The summed E-state index contributed by atoms with van der Waals surface area (Å²) < 4.78 is 5.90. The van der Waals surface area contributed by atoms with Gasteiger partial charge in [0.25, 0.3) is 0 Å². The van der Waals surface area contributed by atoms with Crippen LogP contribution in [-0.2, 0) is 4.74 Å². The molecule has 0 saturated carbocycles. The molecule has 0 bridgehead atoms. The van der Waals surface area contributed by atoms with Crippen molar-refractivity contribution in [3.63, 3.8) is 0 Å². The Hall–Kier alpha value is -0.120. The standard InChI is InChI=1S/C13H26N2O/c1-4-13(3)7-11(5-6-16-13)15-8-10(2)12(14)9-15/h10-12H,4-9,14H2,1-3H3. The van der Waals surface area contributed by atoms with Gasteiger partial charge in [0.15, 0.2) is 0 Å². The quantitative estimate of drug-likeness (QED) is 0.777. The molecule has 2 rings (SSSR count). The molecule has 0 radical (unpaired) electrons. The topological polar surface area (TPSA) is 38.5 Å². The number of nitrogens with zero attached hydrogens (tertiary/aromatic N) is 1. The Balaban J connectivity index is 1.95. The smallest absolute Gasteiger partial charge is 0.0666 e. The van der Waals surface area contributed by atoms with E-state index in [1.54, 1.807) is 0 Å². The van der Waals surface area contributed by atoms with Crippen LogP contribution in [0.4, 0.5) is 0 Å². The van der Waals surface area contributed by atoms with Gasteiger partial charge in [-0.1, -0.05) is 13.8 Å². The maximum absolute atomic E-state index is 6.10. The molecular formula is C13H26N2O. The molecule has 3 nitrogen and oxygen atoms in total. The lowest BCUT2D eigenvalue weighted by molar-refractivity contribution is -0.0943. The summed E-state index contributed by atoms with van der Waals surface area (Å²) in [5.74, 6) is 0.649. The molecule has 2 N–H and O–H groups in total. The molecule has 0 spiro atoms. The highest BCUT2D eigenvalue weighted by Crippen LogP contribution is 2.32. The number of hydrogen-bond donors (Lipinski definition) is 1. The van der Waals surface area contributed by atoms with Gasteiger partial charge >= 0.3 is 0 Å². The average Bonchev–Trinajstić information content (AvgIpc) is 2.60. The molecule has 16 heavy (non-hydrogen) atoms. The van der Waals surface area contributed by atoms with Crippen molar-refractivity contribution in [2.24, 2.45) is 11.7 Å². The summed E-state index contributed by atoms with van der Waals surface area (Å²) in [5, 5.41) is 0. The van der Waals surface area contributed by atoms with Crippen molar-refractivity contribution in [3.05, 3.63) is 0 Å². The first-order chi connectivity index (χ1) is 7.54. The molecule has 2 fully saturated rings. The molecule has 4 atom stereocenters. The van der Waals surface area contributed by atoms with Gasteiger partial charge < -0.3 is 10.5 Å². The van der Waals surface area contributed by atoms with Crippen molar-refractivity contribution >= 4 is 0 Å². The van der Waals surface area contributed by atoms with Gasteiger partial charge in [-0.15, -0.1) is 0 Å². The third-order valence-electron chi connectivity index (χ3n) is 4.53. The van der Waals surface area contributed by atoms with E-state index >= 15 is 0 Å². The van der Waals surface area contributed by atoms with Crippen LogP contribution in [0.15, 0.2) is 0 Å². The zero-order valence-electron chi connectivity index (χ0n) is 10.9. The van der Waals surface area contributed by atoms with Crippen LogP contribution in [0.5, 0.6) is 0 Å². The van der Waals surface area contributed by atoms with Crippen molar-refractivity contribution in [3.8, 4) is 0 Å². The van der Waals surface area contributed by atoms with E-state index in [1.807, 2.05) is 0 Å². The molecule has 0 aromatic carbocycles. The van der Waals surface area contributed by atoms with E-state index in [-0.39, 0.29) is 5.60 Å². The van der Waals surface area contributed by atoms with Gasteiger partial charge in [0.2, 0.25) is 0 Å². The second-order valence-electron chi connectivity index (χ2n) is 5.89. The molecule has 0 amide bonds. The first kappa shape index (κ1) is 12.3. The summed E-state index contributed by atoms with van der Waals surface area (Å²) >= 11 is 0. The van der Waals surface area contributed by atoms with Crippen LogP contribution in [-0.4, -0.2) is 42.3 Å². The molecule has 94 valence electrons. The van der Waals surface area contributed by atoms with E-state index in [1.165, 1.54) is 19.4 Å². The highest BCUT2D eigenvalue weighted by molar-refractivity contribution is 4.93. The summed E-state index contributed by atoms with van der Waals surface area (Å²) in [7, 11) is 0. The fourth-order valence-corrected chi connectivity index (χ4v) is 2.99. The summed E-state index contributed by atoms with van der Waals surface area (Å²) in [5.41, 5.74) is 6.20. The van der Waals surface area contributed by atoms with Gasteiger partial charge in [0.05, 0.1) is 5.60 Å². The van der Waals surface area contributed by atoms with Crippen LogP contribution in [0.3, 0.4) is 0 Å². The molecule has 0 aliphatic carbocycles. The monoisotopic (exact) mass is 226 g/mol. The van der Waals surface area contributed by atoms with Gasteiger partial charge in [-0.25, -0.2) is 0 Å². The number of ether oxygens (including phenoxy) is 1. The molecule has 2 aliphatic heterocycles. The van der Waals surface area contributed by atoms with Crippen LogP contribution in [0, 0.1) is 5.92 Å². The Morgan fingerprint density at radius 1 is 1.44 bits per heavy atom. The highest BCUT2D eigenvalue weighted by Gasteiger charge is 2.38. The maximum atomic E-state index is 6.10.